The number of nitrogens with one attached hydrogen (secondary N) is 1. The van der Waals surface area contributed by atoms with E-state index in [9.17, 15) is 4.79 Å². The summed E-state index contributed by atoms with van der Waals surface area (Å²) in [6.07, 6.45) is 3.40. The lowest BCUT2D eigenvalue weighted by molar-refractivity contribution is 0.0240. The van der Waals surface area contributed by atoms with Gasteiger partial charge in [0.05, 0.1) is 12.6 Å². The number of benzene rings is 2. The fourth-order valence-electron chi connectivity index (χ4n) is 5.96. The van der Waals surface area contributed by atoms with Crippen molar-refractivity contribution in [2.24, 2.45) is 0 Å². The van der Waals surface area contributed by atoms with Crippen LogP contribution in [0, 0.1) is 6.92 Å². The molecule has 11 nitrogen and oxygen atoms in total. The zero-order chi connectivity index (χ0) is 33.5. The number of nitrogens with zero attached hydrogens (tertiary/aromatic N) is 6. The largest absolute Gasteiger partial charge is 0.493 e. The van der Waals surface area contributed by atoms with Gasteiger partial charge in [-0.05, 0) is 87.7 Å². The summed E-state index contributed by atoms with van der Waals surface area (Å²) in [6.45, 7) is 14.2. The van der Waals surface area contributed by atoms with Gasteiger partial charge in [0.1, 0.15) is 28.9 Å². The van der Waals surface area contributed by atoms with E-state index in [1.54, 1.807) is 12.0 Å². The van der Waals surface area contributed by atoms with Gasteiger partial charge in [-0.2, -0.15) is 0 Å². The number of piperazine rings is 1. The second-order valence-electron chi connectivity index (χ2n) is 13.2. The summed E-state index contributed by atoms with van der Waals surface area (Å²) in [7, 11) is 3.70. The molecule has 0 spiro atoms. The van der Waals surface area contributed by atoms with Gasteiger partial charge in [-0.15, -0.1) is 0 Å². The van der Waals surface area contributed by atoms with Crippen LogP contribution in [0.5, 0.6) is 17.2 Å². The van der Waals surface area contributed by atoms with E-state index < -0.39 is 5.60 Å². The van der Waals surface area contributed by atoms with Crippen LogP contribution in [0.15, 0.2) is 60.6 Å². The predicted octanol–water partition coefficient (Wildman–Crippen LogP) is 7.39. The summed E-state index contributed by atoms with van der Waals surface area (Å²) < 4.78 is 17.7. The number of aromatic nitrogens is 3. The van der Waals surface area contributed by atoms with Crippen LogP contribution in [0.3, 0.4) is 0 Å². The number of anilines is 4. The van der Waals surface area contributed by atoms with E-state index in [1.807, 2.05) is 58.0 Å². The van der Waals surface area contributed by atoms with Crippen molar-refractivity contribution in [1.29, 1.82) is 0 Å². The lowest BCUT2D eigenvalue weighted by Crippen LogP contribution is -2.50. The Morgan fingerprint density at radius 3 is 2.45 bits per heavy atom. The molecule has 47 heavy (non-hydrogen) atoms. The first-order valence-corrected chi connectivity index (χ1v) is 15.9. The van der Waals surface area contributed by atoms with Crippen LogP contribution in [-0.4, -0.2) is 71.9 Å². The third kappa shape index (κ3) is 6.74. The monoisotopic (exact) mass is 637 g/mol. The molecule has 2 aromatic heterocycles. The van der Waals surface area contributed by atoms with Gasteiger partial charge < -0.3 is 34.2 Å². The maximum Gasteiger partial charge on any atom is 0.410 e. The van der Waals surface area contributed by atoms with Crippen molar-refractivity contribution in [3.05, 3.63) is 71.7 Å². The Balaban J connectivity index is 1.20. The molecule has 0 saturated carbocycles. The molecule has 2 aliphatic heterocycles. The highest BCUT2D eigenvalue weighted by atomic mass is 16.6. The van der Waals surface area contributed by atoms with Gasteiger partial charge in [-0.3, -0.25) is 0 Å². The van der Waals surface area contributed by atoms with Gasteiger partial charge in [0.15, 0.2) is 17.4 Å². The molecule has 1 unspecified atom stereocenters. The molecule has 4 aromatic rings. The number of carbonyl (C=O) groups excluding carboxylic acids is 1. The quantitative estimate of drug-likeness (QED) is 0.230. The molecule has 1 amide bonds. The van der Waals surface area contributed by atoms with Crippen molar-refractivity contribution in [3.8, 4) is 17.2 Å². The smallest absolute Gasteiger partial charge is 0.410 e. The molecule has 2 aromatic carbocycles. The van der Waals surface area contributed by atoms with Crippen LogP contribution in [0.25, 0.3) is 11.0 Å². The second-order valence-corrected chi connectivity index (χ2v) is 13.2. The van der Waals surface area contributed by atoms with Gasteiger partial charge in [0.25, 0.3) is 0 Å². The fourth-order valence-corrected chi connectivity index (χ4v) is 5.96. The van der Waals surface area contributed by atoms with Crippen LogP contribution >= 0.6 is 0 Å². The van der Waals surface area contributed by atoms with Crippen molar-refractivity contribution in [3.63, 3.8) is 0 Å². The normalized spacial score (nSPS) is 16.5. The molecular weight excluding hydrogens is 594 g/mol. The van der Waals surface area contributed by atoms with Crippen molar-refractivity contribution in [2.45, 2.75) is 53.1 Å². The molecule has 11 heteroatoms. The van der Waals surface area contributed by atoms with Crippen molar-refractivity contribution in [2.75, 3.05) is 55.5 Å². The Bertz CT molecular complexity index is 1840. The highest BCUT2D eigenvalue weighted by Crippen LogP contribution is 2.40. The fraction of sp³-hybridized carbons (Fsp3) is 0.389. The Labute approximate surface area is 276 Å². The van der Waals surface area contributed by atoms with Crippen LogP contribution in [0.2, 0.25) is 0 Å². The topological polar surface area (TPSA) is 105 Å². The first-order chi connectivity index (χ1) is 22.4. The third-order valence-corrected chi connectivity index (χ3v) is 8.60. The Hall–Kier alpha value is -5.06. The molecule has 1 N–H and O–H groups in total. The van der Waals surface area contributed by atoms with E-state index in [0.29, 0.717) is 60.5 Å². The Morgan fingerprint density at radius 2 is 1.74 bits per heavy atom. The number of fused-ring (bicyclic) bond motifs is 2. The van der Waals surface area contributed by atoms with E-state index >= 15 is 0 Å². The summed E-state index contributed by atoms with van der Waals surface area (Å²) in [5.41, 5.74) is 6.33. The average molecular weight is 638 g/mol. The Morgan fingerprint density at radius 1 is 0.979 bits per heavy atom. The number of allylic oxidation sites excluding steroid dienone is 1. The van der Waals surface area contributed by atoms with E-state index in [2.05, 4.69) is 64.3 Å². The van der Waals surface area contributed by atoms with Gasteiger partial charge in [-0.25, -0.2) is 19.7 Å². The minimum atomic E-state index is -0.540. The van der Waals surface area contributed by atoms with E-state index in [1.165, 1.54) is 23.2 Å². The molecule has 1 saturated heterocycles. The van der Waals surface area contributed by atoms with Crippen LogP contribution < -0.4 is 24.6 Å². The maximum absolute atomic E-state index is 12.6. The molecule has 4 heterocycles. The molecule has 0 bridgehead atoms. The summed E-state index contributed by atoms with van der Waals surface area (Å²) in [5.74, 6) is 3.79. The van der Waals surface area contributed by atoms with Gasteiger partial charge in [0.2, 0.25) is 0 Å². The van der Waals surface area contributed by atoms with E-state index in [0.717, 1.165) is 22.7 Å². The molecule has 6 rings (SSSR count). The first kappa shape index (κ1) is 31.9. The number of hydrogen-bond acceptors (Lipinski definition) is 10. The van der Waals surface area contributed by atoms with Crippen molar-refractivity contribution >= 4 is 40.1 Å². The average Bonchev–Trinajstić information content (AvgIpc) is 3.03. The minimum absolute atomic E-state index is 0.306. The van der Waals surface area contributed by atoms with Gasteiger partial charge >= 0.3 is 6.09 Å². The molecule has 0 radical (unpaired) electrons. The molecule has 1 atom stereocenters. The molecule has 246 valence electrons. The molecule has 1 fully saturated rings. The van der Waals surface area contributed by atoms with Gasteiger partial charge in [-0.1, -0.05) is 6.92 Å². The molecular formula is C36H43N7O4. The number of aryl methyl sites for hydroxylation is 1. The SMILES string of the molecule is COc1cc2ncnc(Nc3ccc(Oc4ccc5c(c4)C(C)C(C)=CN5C)c(C)c3)c2nc1N1CCN(C(=O)OC(C)(C)C)CC1. The van der Waals surface area contributed by atoms with Gasteiger partial charge in [0, 0.05) is 62.8 Å². The molecule has 2 aliphatic rings. The number of amides is 1. The summed E-state index contributed by atoms with van der Waals surface area (Å²) >= 11 is 0. The number of ether oxygens (including phenoxy) is 3. The summed E-state index contributed by atoms with van der Waals surface area (Å²) in [4.78, 5) is 32.6. The Kier molecular flexibility index (Phi) is 8.57. The zero-order valence-corrected chi connectivity index (χ0v) is 28.4. The number of rotatable bonds is 6. The highest BCUT2D eigenvalue weighted by Gasteiger charge is 2.28. The predicted molar refractivity (Wildman–Crippen MR) is 185 cm³/mol. The standard InChI is InChI=1S/C36H43N7O4/c1-22-17-25(9-12-30(22)46-26-10-11-29-27(18-26)24(3)23(2)20-41(29)7)39-33-32-28(37-21-38-33)19-31(45-8)34(40-32)42-13-15-43(16-14-42)35(44)47-36(4,5)6/h9-12,17-21,24H,13-16H2,1-8H3,(H,37,38,39). The lowest BCUT2D eigenvalue weighted by Gasteiger charge is -2.36. The van der Waals surface area contributed by atoms with Crippen molar-refractivity contribution in [1.82, 2.24) is 19.9 Å². The summed E-state index contributed by atoms with van der Waals surface area (Å²) in [5, 5.41) is 3.44. The van der Waals surface area contributed by atoms with Crippen LogP contribution in [0.4, 0.5) is 27.8 Å². The number of carbonyl (C=O) groups is 1. The van der Waals surface area contributed by atoms with Crippen LogP contribution in [-0.2, 0) is 4.74 Å². The van der Waals surface area contributed by atoms with E-state index in [-0.39, 0.29) is 6.09 Å². The number of methoxy groups -OCH3 is 1. The lowest BCUT2D eigenvalue weighted by atomic mass is 9.90. The maximum atomic E-state index is 12.6. The highest BCUT2D eigenvalue weighted by molar-refractivity contribution is 5.90. The first-order valence-electron chi connectivity index (χ1n) is 15.9. The zero-order valence-electron chi connectivity index (χ0n) is 28.4. The van der Waals surface area contributed by atoms with Crippen LogP contribution in [0.1, 0.15) is 51.7 Å². The third-order valence-electron chi connectivity index (χ3n) is 8.60. The number of pyridine rings is 1. The minimum Gasteiger partial charge on any atom is -0.493 e. The number of hydrogen-bond donors (Lipinski definition) is 1. The second kappa shape index (κ2) is 12.6. The molecule has 0 aliphatic carbocycles. The van der Waals surface area contributed by atoms with Crippen molar-refractivity contribution < 1.29 is 19.0 Å². The van der Waals surface area contributed by atoms with E-state index in [4.69, 9.17) is 19.2 Å². The summed E-state index contributed by atoms with van der Waals surface area (Å²) in [6, 6.07) is 14.1.